The fourth-order valence-electron chi connectivity index (χ4n) is 3.25. The maximum absolute atomic E-state index is 12.7. The molecule has 7 heteroatoms. The van der Waals surface area contributed by atoms with Crippen LogP contribution < -0.4 is 16.4 Å². The topological polar surface area (TPSA) is 122 Å². The summed E-state index contributed by atoms with van der Waals surface area (Å²) in [5.41, 5.74) is 14.3. The molecule has 7 nitrogen and oxygen atoms in total. The SMILES string of the molecule is CN(C)c1cccc(CC(=O)c2ccc3c(C(N)=O)c(CC(N)=O)[nH]c3c2)c1. The Labute approximate surface area is 162 Å². The van der Waals surface area contributed by atoms with Gasteiger partial charge in [0.15, 0.2) is 5.78 Å². The predicted octanol–water partition coefficient (Wildman–Crippen LogP) is 1.79. The highest BCUT2D eigenvalue weighted by Crippen LogP contribution is 2.25. The number of carbonyl (C=O) groups is 3. The Balaban J connectivity index is 1.93. The van der Waals surface area contributed by atoms with E-state index in [2.05, 4.69) is 4.98 Å². The predicted molar refractivity (Wildman–Crippen MR) is 109 cm³/mol. The molecule has 3 rings (SSSR count). The highest BCUT2D eigenvalue weighted by atomic mass is 16.1. The molecule has 0 aliphatic heterocycles. The minimum absolute atomic E-state index is 0.0514. The number of aromatic amines is 1. The molecule has 1 aromatic heterocycles. The van der Waals surface area contributed by atoms with Crippen LogP contribution in [-0.4, -0.2) is 36.7 Å². The van der Waals surface area contributed by atoms with E-state index >= 15 is 0 Å². The number of anilines is 1. The van der Waals surface area contributed by atoms with Crippen LogP contribution in [0.15, 0.2) is 42.5 Å². The van der Waals surface area contributed by atoms with Gasteiger partial charge in [-0.2, -0.15) is 0 Å². The van der Waals surface area contributed by atoms with E-state index in [9.17, 15) is 14.4 Å². The number of hydrogen-bond acceptors (Lipinski definition) is 4. The van der Waals surface area contributed by atoms with Gasteiger partial charge in [0.25, 0.3) is 5.91 Å². The van der Waals surface area contributed by atoms with Crippen molar-refractivity contribution in [2.75, 3.05) is 19.0 Å². The first-order chi connectivity index (χ1) is 13.3. The minimum atomic E-state index is -0.651. The van der Waals surface area contributed by atoms with Crippen molar-refractivity contribution >= 4 is 34.2 Å². The first kappa shape index (κ1) is 19.2. The molecule has 0 spiro atoms. The molecule has 0 bridgehead atoms. The number of fused-ring (bicyclic) bond motifs is 1. The van der Waals surface area contributed by atoms with E-state index < -0.39 is 11.8 Å². The van der Waals surface area contributed by atoms with Gasteiger partial charge in [0, 0.05) is 48.4 Å². The van der Waals surface area contributed by atoms with Crippen molar-refractivity contribution in [1.82, 2.24) is 4.98 Å². The maximum Gasteiger partial charge on any atom is 0.251 e. The van der Waals surface area contributed by atoms with Crippen LogP contribution in [0.5, 0.6) is 0 Å². The molecule has 0 fully saturated rings. The molecular weight excluding hydrogens is 356 g/mol. The third-order valence-corrected chi connectivity index (χ3v) is 4.59. The van der Waals surface area contributed by atoms with Crippen LogP contribution in [0.2, 0.25) is 0 Å². The lowest BCUT2D eigenvalue weighted by Crippen LogP contribution is -2.18. The van der Waals surface area contributed by atoms with Crippen LogP contribution in [0, 0.1) is 0 Å². The van der Waals surface area contributed by atoms with Crippen molar-refractivity contribution < 1.29 is 14.4 Å². The number of nitrogens with zero attached hydrogens (tertiary/aromatic N) is 1. The molecular formula is C21H22N4O3. The van der Waals surface area contributed by atoms with Crippen molar-refractivity contribution in [3.8, 4) is 0 Å². The van der Waals surface area contributed by atoms with E-state index in [0.29, 0.717) is 22.2 Å². The first-order valence-electron chi connectivity index (χ1n) is 8.78. The van der Waals surface area contributed by atoms with Crippen LogP contribution in [0.3, 0.4) is 0 Å². The molecule has 0 aliphatic rings. The second-order valence-electron chi connectivity index (χ2n) is 6.91. The van der Waals surface area contributed by atoms with Gasteiger partial charge >= 0.3 is 0 Å². The number of benzene rings is 2. The summed E-state index contributed by atoms with van der Waals surface area (Å²) in [5.74, 6) is -1.28. The Morgan fingerprint density at radius 3 is 2.39 bits per heavy atom. The summed E-state index contributed by atoms with van der Waals surface area (Å²) < 4.78 is 0. The Hall–Kier alpha value is -3.61. The van der Waals surface area contributed by atoms with Crippen LogP contribution in [0.1, 0.15) is 32.0 Å². The average molecular weight is 378 g/mol. The number of carbonyl (C=O) groups excluding carboxylic acids is 3. The molecule has 144 valence electrons. The van der Waals surface area contributed by atoms with E-state index in [-0.39, 0.29) is 24.2 Å². The summed E-state index contributed by atoms with van der Waals surface area (Å²) in [7, 11) is 3.89. The number of ketones is 1. The van der Waals surface area contributed by atoms with Crippen LogP contribution >= 0.6 is 0 Å². The largest absolute Gasteiger partial charge is 0.378 e. The van der Waals surface area contributed by atoms with Gasteiger partial charge in [0.2, 0.25) is 5.91 Å². The number of nitrogens with one attached hydrogen (secondary N) is 1. The number of Topliss-reactive ketones (excluding diaryl/α,β-unsaturated/α-hetero) is 1. The number of primary amides is 2. The monoisotopic (exact) mass is 378 g/mol. The number of hydrogen-bond donors (Lipinski definition) is 3. The standard InChI is InChI=1S/C21H22N4O3/c1-25(2)14-5-3-4-12(8-14)9-18(26)13-6-7-15-16(10-13)24-17(11-19(22)27)20(15)21(23)28/h3-8,10,24H,9,11H2,1-2H3,(H2,22,27)(H2,23,28). The normalized spacial score (nSPS) is 10.8. The van der Waals surface area contributed by atoms with Crippen LogP contribution in [-0.2, 0) is 17.6 Å². The van der Waals surface area contributed by atoms with Crippen LogP contribution in [0.4, 0.5) is 5.69 Å². The number of rotatable bonds is 7. The molecule has 0 radical (unpaired) electrons. The Kier molecular flexibility index (Phi) is 5.17. The van der Waals surface area contributed by atoms with Crippen molar-refractivity contribution in [2.45, 2.75) is 12.8 Å². The summed E-state index contributed by atoms with van der Waals surface area (Å²) in [6, 6.07) is 12.8. The van der Waals surface area contributed by atoms with Gasteiger partial charge in [0.05, 0.1) is 12.0 Å². The van der Waals surface area contributed by atoms with Crippen LogP contribution in [0.25, 0.3) is 10.9 Å². The number of nitrogens with two attached hydrogens (primary N) is 2. The van der Waals surface area contributed by atoms with E-state index in [1.807, 2.05) is 43.3 Å². The maximum atomic E-state index is 12.7. The molecule has 0 unspecified atom stereocenters. The Morgan fingerprint density at radius 2 is 1.75 bits per heavy atom. The summed E-state index contributed by atoms with van der Waals surface area (Å²) in [5, 5.41) is 0.565. The highest BCUT2D eigenvalue weighted by molar-refractivity contribution is 6.10. The Morgan fingerprint density at radius 1 is 1.00 bits per heavy atom. The Bertz CT molecular complexity index is 1080. The number of aromatic nitrogens is 1. The van der Waals surface area contributed by atoms with Crippen molar-refractivity contribution in [3.05, 3.63) is 64.8 Å². The lowest BCUT2D eigenvalue weighted by molar-refractivity contribution is -0.117. The molecule has 2 amide bonds. The summed E-state index contributed by atoms with van der Waals surface area (Å²) in [6.07, 6.45) is 0.123. The van der Waals surface area contributed by atoms with Crippen molar-refractivity contribution in [1.29, 1.82) is 0 Å². The third-order valence-electron chi connectivity index (χ3n) is 4.59. The lowest BCUT2D eigenvalue weighted by atomic mass is 10.0. The molecule has 2 aromatic carbocycles. The van der Waals surface area contributed by atoms with Crippen molar-refractivity contribution in [3.63, 3.8) is 0 Å². The molecule has 5 N–H and O–H groups in total. The zero-order valence-corrected chi connectivity index (χ0v) is 15.8. The zero-order chi connectivity index (χ0) is 20.4. The summed E-state index contributed by atoms with van der Waals surface area (Å²) >= 11 is 0. The highest BCUT2D eigenvalue weighted by Gasteiger charge is 2.19. The average Bonchev–Trinajstić information content (AvgIpc) is 2.98. The summed E-state index contributed by atoms with van der Waals surface area (Å²) in [4.78, 5) is 40.8. The molecule has 28 heavy (non-hydrogen) atoms. The molecule has 1 heterocycles. The minimum Gasteiger partial charge on any atom is -0.378 e. The van der Waals surface area contributed by atoms with Crippen molar-refractivity contribution in [2.24, 2.45) is 11.5 Å². The van der Waals surface area contributed by atoms with Gasteiger partial charge in [-0.1, -0.05) is 24.3 Å². The van der Waals surface area contributed by atoms with Gasteiger partial charge in [-0.25, -0.2) is 0 Å². The first-order valence-corrected chi connectivity index (χ1v) is 8.78. The smallest absolute Gasteiger partial charge is 0.251 e. The molecule has 3 aromatic rings. The molecule has 0 aliphatic carbocycles. The van der Waals surface area contributed by atoms with Gasteiger partial charge in [-0.15, -0.1) is 0 Å². The number of amides is 2. The third kappa shape index (κ3) is 3.88. The van der Waals surface area contributed by atoms with Gasteiger partial charge in [-0.05, 0) is 23.8 Å². The van der Waals surface area contributed by atoms with E-state index in [0.717, 1.165) is 11.3 Å². The second kappa shape index (κ2) is 7.56. The fraction of sp³-hybridized carbons (Fsp3) is 0.190. The molecule has 0 saturated carbocycles. The zero-order valence-electron chi connectivity index (χ0n) is 15.8. The quantitative estimate of drug-likeness (QED) is 0.542. The lowest BCUT2D eigenvalue weighted by Gasteiger charge is -2.13. The fourth-order valence-corrected chi connectivity index (χ4v) is 3.25. The molecule has 0 saturated heterocycles. The number of H-pyrrole nitrogens is 1. The van der Waals surface area contributed by atoms with Gasteiger partial charge < -0.3 is 21.4 Å². The molecule has 0 atom stereocenters. The van der Waals surface area contributed by atoms with Gasteiger partial charge in [0.1, 0.15) is 0 Å². The van der Waals surface area contributed by atoms with E-state index in [1.54, 1.807) is 18.2 Å². The summed E-state index contributed by atoms with van der Waals surface area (Å²) in [6.45, 7) is 0. The van der Waals surface area contributed by atoms with E-state index in [1.165, 1.54) is 0 Å². The van der Waals surface area contributed by atoms with Gasteiger partial charge in [-0.3, -0.25) is 14.4 Å². The second-order valence-corrected chi connectivity index (χ2v) is 6.91. The van der Waals surface area contributed by atoms with E-state index in [4.69, 9.17) is 11.5 Å².